The standard InChI is InChI=1S/C13H20O3/c1-9(2)10-4-3-5-11(8-10)13(16)12(15)6-7-14/h3-5,8-9,12-16H,6-7H2,1-2H3. The summed E-state index contributed by atoms with van der Waals surface area (Å²) in [7, 11) is 0. The molecule has 0 saturated heterocycles. The lowest BCUT2D eigenvalue weighted by atomic mass is 9.96. The van der Waals surface area contributed by atoms with Crippen LogP contribution in [0.15, 0.2) is 24.3 Å². The first-order valence-electron chi connectivity index (χ1n) is 5.63. The molecule has 1 aromatic rings. The molecule has 90 valence electrons. The van der Waals surface area contributed by atoms with E-state index in [1.807, 2.05) is 18.2 Å². The zero-order valence-corrected chi connectivity index (χ0v) is 9.80. The Balaban J connectivity index is 2.82. The lowest BCUT2D eigenvalue weighted by molar-refractivity contribution is 0.00417. The Hall–Kier alpha value is -0.900. The summed E-state index contributed by atoms with van der Waals surface area (Å²) in [5.41, 5.74) is 1.83. The van der Waals surface area contributed by atoms with E-state index in [1.165, 1.54) is 0 Å². The molecule has 2 atom stereocenters. The van der Waals surface area contributed by atoms with Gasteiger partial charge in [0.1, 0.15) is 6.10 Å². The van der Waals surface area contributed by atoms with Gasteiger partial charge in [-0.2, -0.15) is 0 Å². The van der Waals surface area contributed by atoms with E-state index in [9.17, 15) is 10.2 Å². The molecule has 2 unspecified atom stereocenters. The van der Waals surface area contributed by atoms with Crippen molar-refractivity contribution in [2.75, 3.05) is 6.61 Å². The van der Waals surface area contributed by atoms with E-state index in [-0.39, 0.29) is 13.0 Å². The normalized spacial score (nSPS) is 15.1. The summed E-state index contributed by atoms with van der Waals surface area (Å²) in [6.07, 6.45) is -1.65. The number of aliphatic hydroxyl groups excluding tert-OH is 3. The van der Waals surface area contributed by atoms with Crippen molar-refractivity contribution >= 4 is 0 Å². The lowest BCUT2D eigenvalue weighted by Gasteiger charge is -2.18. The molecular formula is C13H20O3. The second-order valence-electron chi connectivity index (χ2n) is 4.35. The minimum absolute atomic E-state index is 0.123. The van der Waals surface area contributed by atoms with Crippen LogP contribution in [-0.2, 0) is 0 Å². The molecule has 0 saturated carbocycles. The smallest absolute Gasteiger partial charge is 0.105 e. The number of hydrogen-bond donors (Lipinski definition) is 3. The summed E-state index contributed by atoms with van der Waals surface area (Å²) >= 11 is 0. The number of hydrogen-bond acceptors (Lipinski definition) is 3. The van der Waals surface area contributed by atoms with Crippen LogP contribution >= 0.6 is 0 Å². The van der Waals surface area contributed by atoms with Gasteiger partial charge in [-0.1, -0.05) is 38.1 Å². The maximum absolute atomic E-state index is 9.87. The topological polar surface area (TPSA) is 60.7 Å². The van der Waals surface area contributed by atoms with Crippen LogP contribution in [0.2, 0.25) is 0 Å². The first kappa shape index (κ1) is 13.2. The Labute approximate surface area is 96.4 Å². The van der Waals surface area contributed by atoms with Crippen molar-refractivity contribution in [1.29, 1.82) is 0 Å². The summed E-state index contributed by atoms with van der Waals surface area (Å²) < 4.78 is 0. The van der Waals surface area contributed by atoms with Gasteiger partial charge >= 0.3 is 0 Å². The van der Waals surface area contributed by atoms with E-state index in [1.54, 1.807) is 6.07 Å². The van der Waals surface area contributed by atoms with Crippen LogP contribution in [0.25, 0.3) is 0 Å². The molecule has 0 heterocycles. The first-order valence-corrected chi connectivity index (χ1v) is 5.63. The minimum atomic E-state index is -0.925. The highest BCUT2D eigenvalue weighted by atomic mass is 16.3. The van der Waals surface area contributed by atoms with Crippen LogP contribution in [0.1, 0.15) is 43.4 Å². The average molecular weight is 224 g/mol. The quantitative estimate of drug-likeness (QED) is 0.711. The summed E-state index contributed by atoms with van der Waals surface area (Å²) in [6, 6.07) is 7.56. The summed E-state index contributed by atoms with van der Waals surface area (Å²) in [5, 5.41) is 28.2. The Morgan fingerprint density at radius 3 is 2.31 bits per heavy atom. The van der Waals surface area contributed by atoms with Crippen molar-refractivity contribution in [3.05, 3.63) is 35.4 Å². The maximum atomic E-state index is 9.87. The van der Waals surface area contributed by atoms with Crippen LogP contribution in [0.3, 0.4) is 0 Å². The van der Waals surface area contributed by atoms with Crippen LogP contribution < -0.4 is 0 Å². The molecule has 0 spiro atoms. The molecule has 0 aliphatic carbocycles. The molecule has 0 bridgehead atoms. The Morgan fingerprint density at radius 2 is 1.75 bits per heavy atom. The fourth-order valence-electron chi connectivity index (χ4n) is 1.61. The summed E-state index contributed by atoms with van der Waals surface area (Å²) in [4.78, 5) is 0. The van der Waals surface area contributed by atoms with Gasteiger partial charge in [-0.05, 0) is 23.5 Å². The number of benzene rings is 1. The van der Waals surface area contributed by atoms with Crippen molar-refractivity contribution in [2.24, 2.45) is 0 Å². The van der Waals surface area contributed by atoms with Gasteiger partial charge in [0, 0.05) is 6.61 Å². The average Bonchev–Trinajstić information content (AvgIpc) is 2.28. The zero-order chi connectivity index (χ0) is 12.1. The molecule has 3 nitrogen and oxygen atoms in total. The largest absolute Gasteiger partial charge is 0.396 e. The second-order valence-corrected chi connectivity index (χ2v) is 4.35. The van der Waals surface area contributed by atoms with Crippen molar-refractivity contribution in [2.45, 2.75) is 38.4 Å². The van der Waals surface area contributed by atoms with Crippen molar-refractivity contribution in [1.82, 2.24) is 0 Å². The molecule has 3 N–H and O–H groups in total. The third kappa shape index (κ3) is 3.30. The van der Waals surface area contributed by atoms with Gasteiger partial charge in [-0.3, -0.25) is 0 Å². The van der Waals surface area contributed by atoms with E-state index in [4.69, 9.17) is 5.11 Å². The highest BCUT2D eigenvalue weighted by molar-refractivity contribution is 5.27. The highest BCUT2D eigenvalue weighted by Gasteiger charge is 2.18. The van der Waals surface area contributed by atoms with Gasteiger partial charge in [0.25, 0.3) is 0 Å². The van der Waals surface area contributed by atoms with E-state index in [0.29, 0.717) is 11.5 Å². The Bertz CT molecular complexity index is 323. The molecule has 0 aromatic heterocycles. The van der Waals surface area contributed by atoms with Gasteiger partial charge in [0.05, 0.1) is 6.10 Å². The SMILES string of the molecule is CC(C)c1cccc(C(O)C(O)CCO)c1. The number of rotatable bonds is 5. The molecule has 1 aromatic carbocycles. The van der Waals surface area contributed by atoms with Gasteiger partial charge in [-0.15, -0.1) is 0 Å². The van der Waals surface area contributed by atoms with Crippen LogP contribution in [0.4, 0.5) is 0 Å². The third-order valence-electron chi connectivity index (χ3n) is 2.71. The fourth-order valence-corrected chi connectivity index (χ4v) is 1.61. The van der Waals surface area contributed by atoms with Crippen LogP contribution in [0.5, 0.6) is 0 Å². The molecule has 1 rings (SSSR count). The summed E-state index contributed by atoms with van der Waals surface area (Å²) in [5.74, 6) is 0.391. The van der Waals surface area contributed by atoms with Crippen LogP contribution in [-0.4, -0.2) is 28.0 Å². The molecule has 0 radical (unpaired) electrons. The monoisotopic (exact) mass is 224 g/mol. The van der Waals surface area contributed by atoms with E-state index in [2.05, 4.69) is 13.8 Å². The predicted molar refractivity (Wildman–Crippen MR) is 63.2 cm³/mol. The molecule has 0 amide bonds. The molecule has 3 heteroatoms. The maximum Gasteiger partial charge on any atom is 0.105 e. The molecular weight excluding hydrogens is 204 g/mol. The van der Waals surface area contributed by atoms with Crippen LogP contribution in [0, 0.1) is 0 Å². The first-order chi connectivity index (χ1) is 7.56. The van der Waals surface area contributed by atoms with Gasteiger partial charge in [-0.25, -0.2) is 0 Å². The minimum Gasteiger partial charge on any atom is -0.396 e. The fraction of sp³-hybridized carbons (Fsp3) is 0.538. The van der Waals surface area contributed by atoms with Gasteiger partial charge < -0.3 is 15.3 Å². The second kappa shape index (κ2) is 5.99. The molecule has 0 fully saturated rings. The lowest BCUT2D eigenvalue weighted by Crippen LogP contribution is -2.19. The Kier molecular flexibility index (Phi) is 4.93. The van der Waals surface area contributed by atoms with Crippen molar-refractivity contribution in [3.63, 3.8) is 0 Å². The van der Waals surface area contributed by atoms with Gasteiger partial charge in [0.2, 0.25) is 0 Å². The van der Waals surface area contributed by atoms with Crippen molar-refractivity contribution < 1.29 is 15.3 Å². The van der Waals surface area contributed by atoms with E-state index in [0.717, 1.165) is 5.56 Å². The molecule has 0 aliphatic heterocycles. The van der Waals surface area contributed by atoms with E-state index >= 15 is 0 Å². The Morgan fingerprint density at radius 1 is 1.12 bits per heavy atom. The summed E-state index contributed by atoms with van der Waals surface area (Å²) in [6.45, 7) is 4.04. The van der Waals surface area contributed by atoms with Crippen molar-refractivity contribution in [3.8, 4) is 0 Å². The molecule has 0 aliphatic rings. The number of aliphatic hydroxyl groups is 3. The predicted octanol–water partition coefficient (Wildman–Crippen LogP) is 1.59. The highest BCUT2D eigenvalue weighted by Crippen LogP contribution is 2.23. The molecule has 16 heavy (non-hydrogen) atoms. The van der Waals surface area contributed by atoms with Gasteiger partial charge in [0.15, 0.2) is 0 Å². The van der Waals surface area contributed by atoms with E-state index < -0.39 is 12.2 Å². The zero-order valence-electron chi connectivity index (χ0n) is 9.80. The third-order valence-corrected chi connectivity index (χ3v) is 2.71.